The molecule has 0 spiro atoms. The zero-order valence-electron chi connectivity index (χ0n) is 10.4. The first-order chi connectivity index (χ1) is 8.11. The second-order valence-electron chi connectivity index (χ2n) is 4.59. The first kappa shape index (κ1) is 14.0. The maximum absolute atomic E-state index is 11.3. The van der Waals surface area contributed by atoms with E-state index in [4.69, 9.17) is 5.11 Å². The van der Waals surface area contributed by atoms with Crippen LogP contribution in [0.15, 0.2) is 0 Å². The fourth-order valence-corrected chi connectivity index (χ4v) is 2.21. The van der Waals surface area contributed by atoms with E-state index in [0.29, 0.717) is 18.9 Å². The van der Waals surface area contributed by atoms with E-state index in [-0.39, 0.29) is 12.3 Å². The summed E-state index contributed by atoms with van der Waals surface area (Å²) in [6, 6.07) is 0. The number of aliphatic carboxylic acids is 1. The van der Waals surface area contributed by atoms with Crippen LogP contribution in [0.2, 0.25) is 0 Å². The van der Waals surface area contributed by atoms with Gasteiger partial charge in [0.25, 0.3) is 0 Å². The van der Waals surface area contributed by atoms with Crippen LogP contribution in [0.1, 0.15) is 32.6 Å². The van der Waals surface area contributed by atoms with Crippen LogP contribution in [0.4, 0.5) is 0 Å². The Morgan fingerprint density at radius 1 is 1.35 bits per heavy atom. The van der Waals surface area contributed by atoms with Crippen molar-refractivity contribution < 1.29 is 14.7 Å². The molecule has 1 fully saturated rings. The Hall–Kier alpha value is -1.10. The zero-order chi connectivity index (χ0) is 12.7. The number of nitrogens with zero attached hydrogens (tertiary/aromatic N) is 1. The molecule has 0 saturated carbocycles. The van der Waals surface area contributed by atoms with Crippen LogP contribution in [0, 0.1) is 5.92 Å². The van der Waals surface area contributed by atoms with Crippen molar-refractivity contribution in [3.05, 3.63) is 0 Å². The molecular weight excluding hydrogens is 220 g/mol. The normalized spacial score (nSPS) is 17.9. The SMILES string of the molecule is CCNC(=O)CCN1CCC(CC(=O)O)CC1. The number of piperidine rings is 1. The number of nitrogens with one attached hydrogen (secondary N) is 1. The van der Waals surface area contributed by atoms with Gasteiger partial charge in [0, 0.05) is 25.9 Å². The predicted molar refractivity (Wildman–Crippen MR) is 64.7 cm³/mol. The number of carboxylic acid groups (broad SMARTS) is 1. The van der Waals surface area contributed by atoms with Gasteiger partial charge in [-0.3, -0.25) is 9.59 Å². The van der Waals surface area contributed by atoms with Gasteiger partial charge in [-0.1, -0.05) is 0 Å². The Balaban J connectivity index is 2.14. The number of rotatable bonds is 6. The van der Waals surface area contributed by atoms with E-state index in [1.54, 1.807) is 0 Å². The molecule has 2 N–H and O–H groups in total. The number of carbonyl (C=O) groups excluding carboxylic acids is 1. The summed E-state index contributed by atoms with van der Waals surface area (Å²) in [4.78, 5) is 24.1. The third-order valence-electron chi connectivity index (χ3n) is 3.20. The van der Waals surface area contributed by atoms with Crippen LogP contribution in [0.3, 0.4) is 0 Å². The zero-order valence-corrected chi connectivity index (χ0v) is 10.4. The summed E-state index contributed by atoms with van der Waals surface area (Å²) in [5, 5.41) is 11.5. The fourth-order valence-electron chi connectivity index (χ4n) is 2.21. The Morgan fingerprint density at radius 2 is 2.00 bits per heavy atom. The molecule has 0 unspecified atom stereocenters. The van der Waals surface area contributed by atoms with Crippen molar-refractivity contribution >= 4 is 11.9 Å². The van der Waals surface area contributed by atoms with Crippen molar-refractivity contribution in [2.24, 2.45) is 5.92 Å². The first-order valence-electron chi connectivity index (χ1n) is 6.32. The third kappa shape index (κ3) is 5.68. The second-order valence-corrected chi connectivity index (χ2v) is 4.59. The Kier molecular flexibility index (Phi) is 5.97. The Bertz CT molecular complexity index is 260. The van der Waals surface area contributed by atoms with Crippen molar-refractivity contribution in [2.75, 3.05) is 26.2 Å². The highest BCUT2D eigenvalue weighted by Crippen LogP contribution is 2.20. The van der Waals surface area contributed by atoms with E-state index < -0.39 is 5.97 Å². The van der Waals surface area contributed by atoms with Crippen LogP contribution in [0.5, 0.6) is 0 Å². The van der Waals surface area contributed by atoms with Crippen LogP contribution < -0.4 is 5.32 Å². The first-order valence-corrected chi connectivity index (χ1v) is 6.32. The summed E-state index contributed by atoms with van der Waals surface area (Å²) < 4.78 is 0. The number of amides is 1. The summed E-state index contributed by atoms with van der Waals surface area (Å²) in [5.74, 6) is -0.292. The lowest BCUT2D eigenvalue weighted by Gasteiger charge is -2.31. The molecule has 17 heavy (non-hydrogen) atoms. The van der Waals surface area contributed by atoms with Gasteiger partial charge in [0.1, 0.15) is 0 Å². The Labute approximate surface area is 102 Å². The molecule has 0 aromatic heterocycles. The van der Waals surface area contributed by atoms with Gasteiger partial charge in [-0.05, 0) is 38.8 Å². The minimum absolute atomic E-state index is 0.0974. The van der Waals surface area contributed by atoms with Gasteiger partial charge in [0.2, 0.25) is 5.91 Å². The van der Waals surface area contributed by atoms with Crippen molar-refractivity contribution in [3.63, 3.8) is 0 Å². The maximum Gasteiger partial charge on any atom is 0.303 e. The number of hydrogen-bond donors (Lipinski definition) is 2. The van der Waals surface area contributed by atoms with Crippen LogP contribution in [-0.2, 0) is 9.59 Å². The van der Waals surface area contributed by atoms with Gasteiger partial charge in [-0.2, -0.15) is 0 Å². The summed E-state index contributed by atoms with van der Waals surface area (Å²) >= 11 is 0. The average molecular weight is 242 g/mol. The molecule has 0 aliphatic carbocycles. The number of likely N-dealkylation sites (tertiary alicyclic amines) is 1. The molecule has 0 aromatic carbocycles. The molecule has 0 atom stereocenters. The van der Waals surface area contributed by atoms with E-state index >= 15 is 0 Å². The quantitative estimate of drug-likeness (QED) is 0.719. The standard InChI is InChI=1S/C12H22N2O3/c1-2-13-11(15)5-8-14-6-3-10(4-7-14)9-12(16)17/h10H,2-9H2,1H3,(H,13,15)(H,16,17). The molecule has 98 valence electrons. The van der Waals surface area contributed by atoms with Gasteiger partial charge in [-0.15, -0.1) is 0 Å². The van der Waals surface area contributed by atoms with Gasteiger partial charge in [-0.25, -0.2) is 0 Å². The monoisotopic (exact) mass is 242 g/mol. The van der Waals surface area contributed by atoms with E-state index in [1.165, 1.54) is 0 Å². The minimum atomic E-state index is -0.703. The van der Waals surface area contributed by atoms with E-state index in [9.17, 15) is 9.59 Å². The molecule has 5 nitrogen and oxygen atoms in total. The van der Waals surface area contributed by atoms with E-state index in [1.807, 2.05) is 6.92 Å². The molecule has 0 radical (unpaired) electrons. The van der Waals surface area contributed by atoms with E-state index in [2.05, 4.69) is 10.2 Å². The minimum Gasteiger partial charge on any atom is -0.481 e. The fraction of sp³-hybridized carbons (Fsp3) is 0.833. The highest BCUT2D eigenvalue weighted by molar-refractivity contribution is 5.75. The molecule has 1 aliphatic rings. The van der Waals surface area contributed by atoms with Crippen molar-refractivity contribution in [1.29, 1.82) is 0 Å². The van der Waals surface area contributed by atoms with E-state index in [0.717, 1.165) is 32.5 Å². The van der Waals surface area contributed by atoms with Gasteiger partial charge < -0.3 is 15.3 Å². The van der Waals surface area contributed by atoms with Crippen LogP contribution >= 0.6 is 0 Å². The van der Waals surface area contributed by atoms with Gasteiger partial charge in [0.15, 0.2) is 0 Å². The summed E-state index contributed by atoms with van der Waals surface area (Å²) in [6.07, 6.45) is 2.69. The Morgan fingerprint density at radius 3 is 2.53 bits per heavy atom. The molecular formula is C12H22N2O3. The molecule has 1 amide bonds. The molecule has 1 heterocycles. The lowest BCUT2D eigenvalue weighted by molar-refractivity contribution is -0.138. The van der Waals surface area contributed by atoms with Gasteiger partial charge in [0.05, 0.1) is 0 Å². The molecule has 5 heteroatoms. The van der Waals surface area contributed by atoms with Crippen molar-refractivity contribution in [1.82, 2.24) is 10.2 Å². The highest BCUT2D eigenvalue weighted by atomic mass is 16.4. The number of carbonyl (C=O) groups is 2. The van der Waals surface area contributed by atoms with Crippen molar-refractivity contribution in [2.45, 2.75) is 32.6 Å². The highest BCUT2D eigenvalue weighted by Gasteiger charge is 2.21. The third-order valence-corrected chi connectivity index (χ3v) is 3.20. The smallest absolute Gasteiger partial charge is 0.303 e. The average Bonchev–Trinajstić information content (AvgIpc) is 2.28. The number of hydrogen-bond acceptors (Lipinski definition) is 3. The molecule has 0 aromatic rings. The van der Waals surface area contributed by atoms with Crippen molar-refractivity contribution in [3.8, 4) is 0 Å². The largest absolute Gasteiger partial charge is 0.481 e. The lowest BCUT2D eigenvalue weighted by Crippen LogP contribution is -2.37. The van der Waals surface area contributed by atoms with Gasteiger partial charge >= 0.3 is 5.97 Å². The molecule has 1 saturated heterocycles. The maximum atomic E-state index is 11.3. The molecule has 0 bridgehead atoms. The summed E-state index contributed by atoms with van der Waals surface area (Å²) in [6.45, 7) is 5.20. The number of carboxylic acids is 1. The molecule has 1 aliphatic heterocycles. The van der Waals surface area contributed by atoms with Crippen LogP contribution in [-0.4, -0.2) is 48.1 Å². The lowest BCUT2D eigenvalue weighted by atomic mass is 9.93. The summed E-state index contributed by atoms with van der Waals surface area (Å²) in [5.41, 5.74) is 0. The topological polar surface area (TPSA) is 69.6 Å². The second kappa shape index (κ2) is 7.27. The van der Waals surface area contributed by atoms with Crippen LogP contribution in [0.25, 0.3) is 0 Å². The molecule has 1 rings (SSSR count). The summed E-state index contributed by atoms with van der Waals surface area (Å²) in [7, 11) is 0. The predicted octanol–water partition coefficient (Wildman–Crippen LogP) is 0.699.